The van der Waals surface area contributed by atoms with E-state index in [9.17, 15) is 4.79 Å². The molecule has 30 heavy (non-hydrogen) atoms. The summed E-state index contributed by atoms with van der Waals surface area (Å²) in [6, 6.07) is 20.3. The zero-order chi connectivity index (χ0) is 21.3. The molecule has 2 heterocycles. The highest BCUT2D eigenvalue weighted by atomic mass is 35.5. The second-order valence-corrected chi connectivity index (χ2v) is 10.3. The van der Waals surface area contributed by atoms with Crippen molar-refractivity contribution < 1.29 is 4.79 Å². The van der Waals surface area contributed by atoms with Crippen molar-refractivity contribution >= 4 is 51.7 Å². The van der Waals surface area contributed by atoms with Gasteiger partial charge in [0.2, 0.25) is 5.78 Å². The van der Waals surface area contributed by atoms with Crippen molar-refractivity contribution in [2.75, 3.05) is 0 Å². The smallest absolute Gasteiger partial charge is 0.214 e. The van der Waals surface area contributed by atoms with Gasteiger partial charge in [-0.2, -0.15) is 0 Å². The van der Waals surface area contributed by atoms with Crippen LogP contribution in [0.15, 0.2) is 71.4 Å². The van der Waals surface area contributed by atoms with E-state index >= 15 is 0 Å². The molecule has 0 fully saturated rings. The van der Waals surface area contributed by atoms with Crippen LogP contribution in [0.4, 0.5) is 0 Å². The van der Waals surface area contributed by atoms with Crippen LogP contribution < -0.4 is 0 Å². The lowest BCUT2D eigenvalue weighted by Crippen LogP contribution is -2.00. The highest BCUT2D eigenvalue weighted by Crippen LogP contribution is 2.36. The Labute approximate surface area is 194 Å². The first-order chi connectivity index (χ1) is 14.5. The number of halogens is 2. The van der Waals surface area contributed by atoms with Crippen molar-refractivity contribution in [2.24, 2.45) is 0 Å². The molecule has 152 valence electrons. The molecular formula is C25H20Cl2OS2. The SMILES string of the molecule is CC(Cl)c1ccc(-c2ccsc2C(=O)c2sccc2-c2ccc(C(C)Cl)cc2)cc1. The van der Waals surface area contributed by atoms with Crippen molar-refractivity contribution in [3.8, 4) is 22.3 Å². The Balaban J connectivity index is 1.68. The highest BCUT2D eigenvalue weighted by molar-refractivity contribution is 7.16. The molecule has 0 saturated carbocycles. The number of hydrogen-bond donors (Lipinski definition) is 0. The van der Waals surface area contributed by atoms with Crippen molar-refractivity contribution in [3.63, 3.8) is 0 Å². The molecule has 4 rings (SSSR count). The van der Waals surface area contributed by atoms with Gasteiger partial charge >= 0.3 is 0 Å². The summed E-state index contributed by atoms with van der Waals surface area (Å²) in [6.07, 6.45) is 0. The largest absolute Gasteiger partial charge is 0.287 e. The Morgan fingerprint density at radius 1 is 0.667 bits per heavy atom. The van der Waals surface area contributed by atoms with Crippen molar-refractivity contribution in [1.82, 2.24) is 0 Å². The Hall–Kier alpha value is -1.91. The van der Waals surface area contributed by atoms with Gasteiger partial charge in [0.05, 0.1) is 20.5 Å². The summed E-state index contributed by atoms with van der Waals surface area (Å²) < 4.78 is 0. The average molecular weight is 471 g/mol. The van der Waals surface area contributed by atoms with Crippen LogP contribution in [-0.2, 0) is 0 Å². The van der Waals surface area contributed by atoms with E-state index in [4.69, 9.17) is 23.2 Å². The minimum absolute atomic E-state index is 0.0375. The molecule has 0 radical (unpaired) electrons. The summed E-state index contributed by atoms with van der Waals surface area (Å²) >= 11 is 15.3. The van der Waals surface area contributed by atoms with Gasteiger partial charge in [-0.15, -0.1) is 45.9 Å². The van der Waals surface area contributed by atoms with E-state index in [1.165, 1.54) is 22.7 Å². The van der Waals surface area contributed by atoms with Crippen molar-refractivity contribution in [1.29, 1.82) is 0 Å². The molecule has 0 aliphatic heterocycles. The van der Waals surface area contributed by atoms with E-state index < -0.39 is 0 Å². The van der Waals surface area contributed by atoms with Crippen LogP contribution in [0, 0.1) is 0 Å². The van der Waals surface area contributed by atoms with Gasteiger partial charge in [0.1, 0.15) is 0 Å². The molecule has 4 aromatic rings. The molecule has 0 spiro atoms. The lowest BCUT2D eigenvalue weighted by Gasteiger charge is -2.08. The molecule has 0 amide bonds. The Bertz CT molecular complexity index is 1060. The van der Waals surface area contributed by atoms with Gasteiger partial charge in [0.15, 0.2) is 0 Å². The number of rotatable bonds is 6. The van der Waals surface area contributed by atoms with Crippen LogP contribution in [0.5, 0.6) is 0 Å². The Kier molecular flexibility index (Phi) is 6.45. The average Bonchev–Trinajstić information content (AvgIpc) is 3.43. The van der Waals surface area contributed by atoms with Crippen LogP contribution >= 0.6 is 45.9 Å². The molecule has 1 nitrogen and oxygen atoms in total. The molecule has 5 heteroatoms. The lowest BCUT2D eigenvalue weighted by atomic mass is 9.99. The van der Waals surface area contributed by atoms with E-state index in [0.29, 0.717) is 0 Å². The maximum atomic E-state index is 13.5. The minimum atomic E-state index is -0.0375. The first-order valence-corrected chi connectivity index (χ1v) is 12.3. The van der Waals surface area contributed by atoms with Gasteiger partial charge in [0, 0.05) is 11.1 Å². The van der Waals surface area contributed by atoms with E-state index in [2.05, 4.69) is 0 Å². The third-order valence-electron chi connectivity index (χ3n) is 5.10. The Morgan fingerprint density at radius 3 is 1.37 bits per heavy atom. The summed E-state index contributed by atoms with van der Waals surface area (Å²) in [5, 5.41) is 3.88. The zero-order valence-electron chi connectivity index (χ0n) is 16.6. The lowest BCUT2D eigenvalue weighted by molar-refractivity contribution is 0.104. The van der Waals surface area contributed by atoms with Crippen LogP contribution in [-0.4, -0.2) is 5.78 Å². The first-order valence-electron chi connectivity index (χ1n) is 9.64. The molecule has 0 aliphatic carbocycles. The van der Waals surface area contributed by atoms with Gasteiger partial charge in [-0.05, 0) is 59.0 Å². The fourth-order valence-corrected chi connectivity index (χ4v) is 5.46. The molecule has 2 atom stereocenters. The van der Waals surface area contributed by atoms with Crippen molar-refractivity contribution in [2.45, 2.75) is 24.6 Å². The summed E-state index contributed by atoms with van der Waals surface area (Å²) in [7, 11) is 0. The molecule has 2 aromatic heterocycles. The predicted octanol–water partition coefficient (Wildman–Crippen LogP) is 8.97. The summed E-state index contributed by atoms with van der Waals surface area (Å²) in [5.74, 6) is 0.0644. The number of alkyl halides is 2. The monoisotopic (exact) mass is 470 g/mol. The van der Waals surface area contributed by atoms with E-state index in [1.54, 1.807) is 0 Å². The molecule has 0 saturated heterocycles. The molecule has 2 unspecified atom stereocenters. The summed E-state index contributed by atoms with van der Waals surface area (Å²) in [6.45, 7) is 3.91. The fourth-order valence-electron chi connectivity index (χ4n) is 3.38. The number of carbonyl (C=O) groups is 1. The van der Waals surface area contributed by atoms with Crippen LogP contribution in [0.2, 0.25) is 0 Å². The number of ketones is 1. The number of hydrogen-bond acceptors (Lipinski definition) is 3. The van der Waals surface area contributed by atoms with Gasteiger partial charge < -0.3 is 0 Å². The Morgan fingerprint density at radius 2 is 1.03 bits per heavy atom. The third kappa shape index (κ3) is 4.26. The predicted molar refractivity (Wildman–Crippen MR) is 131 cm³/mol. The third-order valence-corrected chi connectivity index (χ3v) is 7.44. The molecule has 0 N–H and O–H groups in total. The minimum Gasteiger partial charge on any atom is -0.287 e. The highest BCUT2D eigenvalue weighted by Gasteiger charge is 2.21. The second-order valence-electron chi connectivity index (χ2n) is 7.13. The van der Waals surface area contributed by atoms with Gasteiger partial charge in [-0.3, -0.25) is 4.79 Å². The molecule has 0 aliphatic rings. The van der Waals surface area contributed by atoms with Crippen LogP contribution in [0.1, 0.15) is 50.3 Å². The number of benzene rings is 2. The van der Waals surface area contributed by atoms with Crippen LogP contribution in [0.3, 0.4) is 0 Å². The number of thiophene rings is 2. The normalized spacial score (nSPS) is 13.2. The van der Waals surface area contributed by atoms with Crippen molar-refractivity contribution in [3.05, 3.63) is 92.3 Å². The number of carbonyl (C=O) groups excluding carboxylic acids is 1. The second kappa shape index (κ2) is 9.07. The van der Waals surface area contributed by atoms with Gasteiger partial charge in [0.25, 0.3) is 0 Å². The van der Waals surface area contributed by atoms with E-state index in [0.717, 1.165) is 43.1 Å². The first kappa shape index (κ1) is 21.3. The van der Waals surface area contributed by atoms with Gasteiger partial charge in [-0.1, -0.05) is 48.5 Å². The standard InChI is InChI=1S/C25H20Cl2OS2/c1-15(26)17-3-7-19(8-4-17)21-11-13-29-24(21)23(28)25-22(12-14-30-25)20-9-5-18(6-10-20)16(2)27/h3-16H,1-2H3. The fraction of sp³-hybridized carbons (Fsp3) is 0.160. The molecule has 0 bridgehead atoms. The summed E-state index contributed by atoms with van der Waals surface area (Å²) in [4.78, 5) is 15.0. The summed E-state index contributed by atoms with van der Waals surface area (Å²) in [5.41, 5.74) is 6.12. The quantitative estimate of drug-likeness (QED) is 0.203. The van der Waals surface area contributed by atoms with Crippen LogP contribution in [0.25, 0.3) is 22.3 Å². The zero-order valence-corrected chi connectivity index (χ0v) is 19.7. The van der Waals surface area contributed by atoms with E-state index in [-0.39, 0.29) is 16.5 Å². The van der Waals surface area contributed by atoms with E-state index in [1.807, 2.05) is 85.3 Å². The maximum absolute atomic E-state index is 13.5. The maximum Gasteiger partial charge on any atom is 0.214 e. The molecule has 2 aromatic carbocycles. The van der Waals surface area contributed by atoms with Gasteiger partial charge in [-0.25, -0.2) is 0 Å². The molecular weight excluding hydrogens is 451 g/mol. The topological polar surface area (TPSA) is 17.1 Å².